The Balaban J connectivity index is 1.34. The van der Waals surface area contributed by atoms with E-state index < -0.39 is 9.84 Å². The lowest BCUT2D eigenvalue weighted by Crippen LogP contribution is -2.20. The van der Waals surface area contributed by atoms with Gasteiger partial charge < -0.3 is 5.32 Å². The summed E-state index contributed by atoms with van der Waals surface area (Å²) in [6.07, 6.45) is 6.02. The molecule has 5 rings (SSSR count). The number of aromatic nitrogens is 5. The van der Waals surface area contributed by atoms with Crippen molar-refractivity contribution < 1.29 is 13.2 Å². The predicted molar refractivity (Wildman–Crippen MR) is 119 cm³/mol. The monoisotopic (exact) mass is 454 g/mol. The van der Waals surface area contributed by atoms with Gasteiger partial charge in [-0.1, -0.05) is 37.3 Å². The summed E-state index contributed by atoms with van der Waals surface area (Å²) in [5, 5.41) is 18.8. The molecule has 1 fully saturated rings. The second-order valence-electron chi connectivity index (χ2n) is 9.31. The highest BCUT2D eigenvalue weighted by atomic mass is 32.2. The topological polar surface area (TPSA) is 123 Å². The number of anilines is 1. The van der Waals surface area contributed by atoms with Gasteiger partial charge in [0.25, 0.3) is 5.91 Å². The third-order valence-corrected chi connectivity index (χ3v) is 7.69. The summed E-state index contributed by atoms with van der Waals surface area (Å²) in [7, 11) is -3.14. The summed E-state index contributed by atoms with van der Waals surface area (Å²) in [5.74, 6) is 0.627. The standard InChI is InChI=1S/C22H26N6O3S/c1-22-11-15(22)10-16-17(12-22)25-26-20(16)21(29)24-19-13-23-28(27-19)18(8-9-32(2,30)31)14-6-4-3-5-7-14/h3-7,13,15,18H,8-12H2,1-2H3,(H,25,26)(H,24,27,29). The molecule has 2 N–H and O–H groups in total. The number of sulfone groups is 1. The van der Waals surface area contributed by atoms with Crippen LogP contribution in [0.2, 0.25) is 0 Å². The van der Waals surface area contributed by atoms with Crippen LogP contribution in [0.1, 0.15) is 53.1 Å². The molecule has 2 heterocycles. The molecule has 32 heavy (non-hydrogen) atoms. The van der Waals surface area contributed by atoms with Gasteiger partial charge in [0.1, 0.15) is 9.84 Å². The van der Waals surface area contributed by atoms with Crippen molar-refractivity contribution in [2.45, 2.75) is 38.6 Å². The Bertz CT molecular complexity index is 1270. The third-order valence-electron chi connectivity index (χ3n) is 6.71. The van der Waals surface area contributed by atoms with Crippen molar-refractivity contribution in [1.82, 2.24) is 25.2 Å². The van der Waals surface area contributed by atoms with Crippen LogP contribution in [0, 0.1) is 11.3 Å². The molecule has 2 aromatic heterocycles. The fraction of sp³-hybridized carbons (Fsp3) is 0.455. The Kier molecular flexibility index (Phi) is 4.92. The number of aromatic amines is 1. The molecule has 1 aromatic carbocycles. The number of benzene rings is 1. The first-order valence-electron chi connectivity index (χ1n) is 10.7. The molecule has 3 aromatic rings. The molecule has 1 amide bonds. The Morgan fingerprint density at radius 3 is 2.88 bits per heavy atom. The maximum Gasteiger partial charge on any atom is 0.277 e. The van der Waals surface area contributed by atoms with Crippen molar-refractivity contribution in [3.8, 4) is 0 Å². The molecule has 0 bridgehead atoms. The number of carbonyl (C=O) groups is 1. The van der Waals surface area contributed by atoms with Gasteiger partial charge >= 0.3 is 0 Å². The van der Waals surface area contributed by atoms with Gasteiger partial charge in [0.2, 0.25) is 0 Å². The van der Waals surface area contributed by atoms with E-state index in [0.29, 0.717) is 29.3 Å². The summed E-state index contributed by atoms with van der Waals surface area (Å²) in [5.41, 5.74) is 3.73. The summed E-state index contributed by atoms with van der Waals surface area (Å²) in [6.45, 7) is 2.28. The van der Waals surface area contributed by atoms with Gasteiger partial charge in [-0.3, -0.25) is 9.89 Å². The molecule has 0 radical (unpaired) electrons. The van der Waals surface area contributed by atoms with Crippen LogP contribution >= 0.6 is 0 Å². The van der Waals surface area contributed by atoms with Gasteiger partial charge in [0.05, 0.1) is 18.0 Å². The second kappa shape index (κ2) is 7.54. The largest absolute Gasteiger partial charge is 0.302 e. The van der Waals surface area contributed by atoms with Crippen molar-refractivity contribution in [3.63, 3.8) is 0 Å². The van der Waals surface area contributed by atoms with Crippen LogP contribution in [0.3, 0.4) is 0 Å². The van der Waals surface area contributed by atoms with Gasteiger partial charge in [-0.2, -0.15) is 15.0 Å². The molecule has 3 unspecified atom stereocenters. The molecule has 2 aliphatic rings. The van der Waals surface area contributed by atoms with Crippen molar-refractivity contribution in [2.75, 3.05) is 17.3 Å². The highest BCUT2D eigenvalue weighted by Gasteiger charge is 2.53. The Morgan fingerprint density at radius 2 is 2.12 bits per heavy atom. The predicted octanol–water partition coefficient (Wildman–Crippen LogP) is 2.40. The number of H-pyrrole nitrogens is 1. The van der Waals surface area contributed by atoms with Crippen LogP contribution in [0.5, 0.6) is 0 Å². The number of rotatable bonds is 7. The molecular formula is C22H26N6O3S. The minimum Gasteiger partial charge on any atom is -0.302 e. The van der Waals surface area contributed by atoms with Gasteiger partial charge in [-0.25, -0.2) is 8.42 Å². The number of amides is 1. The normalized spacial score (nSPS) is 22.6. The maximum absolute atomic E-state index is 12.9. The Hall–Kier alpha value is -3.01. The lowest BCUT2D eigenvalue weighted by atomic mass is 9.87. The quantitative estimate of drug-likeness (QED) is 0.565. The van der Waals surface area contributed by atoms with Gasteiger partial charge in [-0.05, 0) is 42.6 Å². The molecule has 168 valence electrons. The van der Waals surface area contributed by atoms with Crippen LogP contribution in [0.15, 0.2) is 36.5 Å². The Labute approximate surface area is 186 Å². The van der Waals surface area contributed by atoms with E-state index in [0.717, 1.165) is 29.7 Å². The van der Waals surface area contributed by atoms with Crippen LogP contribution in [-0.4, -0.2) is 51.5 Å². The number of hydrogen-bond donors (Lipinski definition) is 2. The smallest absolute Gasteiger partial charge is 0.277 e. The summed E-state index contributed by atoms with van der Waals surface area (Å²) in [4.78, 5) is 14.4. The minimum absolute atomic E-state index is 0.00921. The van der Waals surface area contributed by atoms with Crippen molar-refractivity contribution in [2.24, 2.45) is 11.3 Å². The Morgan fingerprint density at radius 1 is 1.34 bits per heavy atom. The zero-order valence-electron chi connectivity index (χ0n) is 18.1. The first-order chi connectivity index (χ1) is 15.2. The van der Waals surface area contributed by atoms with Gasteiger partial charge in [0.15, 0.2) is 11.5 Å². The van der Waals surface area contributed by atoms with Crippen LogP contribution in [-0.2, 0) is 22.7 Å². The lowest BCUT2D eigenvalue weighted by Gasteiger charge is -2.17. The van der Waals surface area contributed by atoms with E-state index in [1.807, 2.05) is 30.3 Å². The zero-order valence-corrected chi connectivity index (χ0v) is 18.9. The van der Waals surface area contributed by atoms with E-state index in [9.17, 15) is 13.2 Å². The SMILES string of the molecule is CC12Cc3[nH]nc(C(=O)Nc4cnn(C(CCS(C)(=O)=O)c5ccccc5)n4)c3CC1C2. The average Bonchev–Trinajstić information content (AvgIpc) is 3.02. The third kappa shape index (κ3) is 4.06. The molecule has 0 spiro atoms. The number of carbonyl (C=O) groups excluding carboxylic acids is 1. The first kappa shape index (κ1) is 20.9. The molecule has 9 nitrogen and oxygen atoms in total. The molecule has 3 atom stereocenters. The summed E-state index contributed by atoms with van der Waals surface area (Å²) in [6, 6.07) is 9.14. The molecule has 2 aliphatic carbocycles. The highest BCUT2D eigenvalue weighted by Crippen LogP contribution is 2.59. The average molecular weight is 455 g/mol. The zero-order chi connectivity index (χ0) is 22.5. The number of nitrogens with one attached hydrogen (secondary N) is 2. The van der Waals surface area contributed by atoms with Crippen molar-refractivity contribution in [3.05, 3.63) is 59.0 Å². The van der Waals surface area contributed by atoms with Crippen LogP contribution in [0.25, 0.3) is 0 Å². The van der Waals surface area contributed by atoms with E-state index in [1.54, 1.807) is 0 Å². The number of hydrogen-bond acceptors (Lipinski definition) is 6. The van der Waals surface area contributed by atoms with E-state index in [-0.39, 0.29) is 17.7 Å². The fourth-order valence-corrected chi connectivity index (χ4v) is 5.37. The van der Waals surface area contributed by atoms with Crippen molar-refractivity contribution >= 4 is 21.6 Å². The summed E-state index contributed by atoms with van der Waals surface area (Å²) < 4.78 is 23.5. The van der Waals surface area contributed by atoms with Crippen LogP contribution in [0.4, 0.5) is 5.82 Å². The van der Waals surface area contributed by atoms with Gasteiger partial charge in [0, 0.05) is 17.5 Å². The van der Waals surface area contributed by atoms with E-state index in [2.05, 4.69) is 32.6 Å². The second-order valence-corrected chi connectivity index (χ2v) is 11.6. The van der Waals surface area contributed by atoms with Crippen LogP contribution < -0.4 is 5.32 Å². The number of fused-ring (bicyclic) bond motifs is 2. The highest BCUT2D eigenvalue weighted by molar-refractivity contribution is 7.90. The van der Waals surface area contributed by atoms with E-state index >= 15 is 0 Å². The fourth-order valence-electron chi connectivity index (χ4n) is 4.72. The van der Waals surface area contributed by atoms with Crippen molar-refractivity contribution in [1.29, 1.82) is 0 Å². The molecular weight excluding hydrogens is 428 g/mol. The van der Waals surface area contributed by atoms with E-state index in [4.69, 9.17) is 0 Å². The maximum atomic E-state index is 12.9. The molecule has 10 heteroatoms. The first-order valence-corrected chi connectivity index (χ1v) is 12.8. The summed E-state index contributed by atoms with van der Waals surface area (Å²) >= 11 is 0. The van der Waals surface area contributed by atoms with E-state index in [1.165, 1.54) is 23.7 Å². The molecule has 1 saturated carbocycles. The minimum atomic E-state index is -3.14. The molecule has 0 aliphatic heterocycles. The number of nitrogens with zero attached hydrogens (tertiary/aromatic N) is 4. The molecule has 0 saturated heterocycles. The lowest BCUT2D eigenvalue weighted by molar-refractivity contribution is 0.102. The van der Waals surface area contributed by atoms with Gasteiger partial charge in [-0.15, -0.1) is 5.10 Å².